The van der Waals surface area contributed by atoms with Gasteiger partial charge in [0.2, 0.25) is 0 Å². The summed E-state index contributed by atoms with van der Waals surface area (Å²) < 4.78 is 0. The molecule has 3 heteroatoms. The normalized spacial score (nSPS) is 11.1. The van der Waals surface area contributed by atoms with Gasteiger partial charge in [-0.2, -0.15) is 0 Å². The van der Waals surface area contributed by atoms with Gasteiger partial charge in [0.15, 0.2) is 0 Å². The molecule has 0 fully saturated rings. The van der Waals surface area contributed by atoms with E-state index in [2.05, 4.69) is 161 Å². The molecule has 0 saturated heterocycles. The maximum atomic E-state index is 3.37. The molecule has 7 aromatic rings. The van der Waals surface area contributed by atoms with Gasteiger partial charge in [-0.1, -0.05) is 91.0 Å². The van der Waals surface area contributed by atoms with Crippen LogP contribution in [0.3, 0.4) is 0 Å². The first-order valence-electron chi connectivity index (χ1n) is 13.2. The predicted octanol–water partition coefficient (Wildman–Crippen LogP) is 9.67. The summed E-state index contributed by atoms with van der Waals surface area (Å²) in [5.74, 6) is 0. The highest BCUT2D eigenvalue weighted by molar-refractivity contribution is 5.93. The second kappa shape index (κ2) is 9.88. The average molecular weight is 502 g/mol. The Kier molecular flexibility index (Phi) is 5.80. The van der Waals surface area contributed by atoms with Gasteiger partial charge in [0.1, 0.15) is 0 Å². The lowest BCUT2D eigenvalue weighted by atomic mass is 9.89. The Labute approximate surface area is 227 Å². The van der Waals surface area contributed by atoms with Gasteiger partial charge in [0.05, 0.1) is 0 Å². The van der Waals surface area contributed by atoms with Crippen LogP contribution in [0, 0.1) is 0 Å². The molecular weight excluding hydrogens is 474 g/mol. The highest BCUT2D eigenvalue weighted by atomic mass is 14.7. The minimum atomic E-state index is 1.17. The SMILES string of the molecule is c1ccc(-c2c[nH]cc2-c2cc(-c3c[nH]cc3-c3ccccc3)cc(-c3c[nH]cc3-c3ccccc3)c2)cc1. The van der Waals surface area contributed by atoms with Crippen LogP contribution in [0.15, 0.2) is 146 Å². The van der Waals surface area contributed by atoms with Crippen LogP contribution in [0.5, 0.6) is 0 Å². The summed E-state index contributed by atoms with van der Waals surface area (Å²) in [7, 11) is 0. The fourth-order valence-electron chi connectivity index (χ4n) is 5.47. The first kappa shape index (κ1) is 22.9. The number of aromatic nitrogens is 3. The van der Waals surface area contributed by atoms with E-state index in [0.29, 0.717) is 0 Å². The molecule has 0 atom stereocenters. The summed E-state index contributed by atoms with van der Waals surface area (Å²) in [6.45, 7) is 0. The molecular formula is C36H27N3. The minimum Gasteiger partial charge on any atom is -0.366 e. The average Bonchev–Trinajstić information content (AvgIpc) is 3.79. The van der Waals surface area contributed by atoms with Gasteiger partial charge >= 0.3 is 0 Å². The number of rotatable bonds is 6. The Morgan fingerprint density at radius 3 is 0.744 bits per heavy atom. The zero-order valence-corrected chi connectivity index (χ0v) is 21.4. The Balaban J connectivity index is 1.44. The summed E-state index contributed by atoms with van der Waals surface area (Å²) in [5, 5.41) is 0. The molecule has 186 valence electrons. The number of aromatic amines is 3. The zero-order valence-electron chi connectivity index (χ0n) is 21.4. The molecule has 4 aromatic carbocycles. The third-order valence-corrected chi connectivity index (χ3v) is 7.36. The highest BCUT2D eigenvalue weighted by Crippen LogP contribution is 2.41. The minimum absolute atomic E-state index is 1.17. The lowest BCUT2D eigenvalue weighted by molar-refractivity contribution is 1.41. The molecule has 3 aromatic heterocycles. The van der Waals surface area contributed by atoms with Crippen molar-refractivity contribution >= 4 is 0 Å². The van der Waals surface area contributed by atoms with Crippen molar-refractivity contribution in [2.45, 2.75) is 0 Å². The van der Waals surface area contributed by atoms with E-state index >= 15 is 0 Å². The molecule has 0 spiro atoms. The van der Waals surface area contributed by atoms with Crippen molar-refractivity contribution in [3.05, 3.63) is 146 Å². The van der Waals surface area contributed by atoms with Crippen LogP contribution >= 0.6 is 0 Å². The number of H-pyrrole nitrogens is 3. The van der Waals surface area contributed by atoms with Gasteiger partial charge in [-0.05, 0) is 51.6 Å². The first-order valence-corrected chi connectivity index (χ1v) is 13.2. The summed E-state index contributed by atoms with van der Waals surface area (Å²) >= 11 is 0. The molecule has 0 radical (unpaired) electrons. The van der Waals surface area contributed by atoms with E-state index < -0.39 is 0 Å². The molecule has 0 aliphatic rings. The Bertz CT molecular complexity index is 1610. The summed E-state index contributed by atoms with van der Waals surface area (Å²) in [4.78, 5) is 10.1. The molecule has 7 rings (SSSR count). The second-order valence-corrected chi connectivity index (χ2v) is 9.75. The maximum Gasteiger partial charge on any atom is 0.00906 e. The number of hydrogen-bond donors (Lipinski definition) is 3. The quantitative estimate of drug-likeness (QED) is 0.203. The number of nitrogens with one attached hydrogen (secondary N) is 3. The van der Waals surface area contributed by atoms with Crippen molar-refractivity contribution < 1.29 is 0 Å². The molecule has 0 bridgehead atoms. The van der Waals surface area contributed by atoms with E-state index in [1.54, 1.807) is 0 Å². The van der Waals surface area contributed by atoms with Gasteiger partial charge < -0.3 is 15.0 Å². The zero-order chi connectivity index (χ0) is 26.0. The largest absolute Gasteiger partial charge is 0.366 e. The summed E-state index contributed by atoms with van der Waals surface area (Å²) in [6, 6.07) is 38.6. The van der Waals surface area contributed by atoms with E-state index in [1.807, 2.05) is 0 Å². The standard InChI is InChI=1S/C36H27N3/c1-4-10-25(11-5-1)31-19-37-22-34(31)28-16-29(35-23-38-20-32(35)26-12-6-2-7-13-26)18-30(17-28)36-24-39-21-33(36)27-14-8-3-9-15-27/h1-24,37-39H. The third-order valence-electron chi connectivity index (χ3n) is 7.36. The van der Waals surface area contributed by atoms with Crippen LogP contribution in [0.2, 0.25) is 0 Å². The second-order valence-electron chi connectivity index (χ2n) is 9.75. The number of benzene rings is 4. The van der Waals surface area contributed by atoms with Gasteiger partial charge in [0, 0.05) is 70.6 Å². The molecule has 3 heterocycles. The van der Waals surface area contributed by atoms with Crippen LogP contribution < -0.4 is 0 Å². The van der Waals surface area contributed by atoms with Crippen LogP contribution in [-0.2, 0) is 0 Å². The van der Waals surface area contributed by atoms with Gasteiger partial charge in [-0.3, -0.25) is 0 Å². The van der Waals surface area contributed by atoms with Crippen molar-refractivity contribution in [2.75, 3.05) is 0 Å². The molecule has 0 amide bonds. The van der Waals surface area contributed by atoms with Crippen molar-refractivity contribution in [1.82, 2.24) is 15.0 Å². The van der Waals surface area contributed by atoms with E-state index in [9.17, 15) is 0 Å². The highest BCUT2D eigenvalue weighted by Gasteiger charge is 2.17. The Morgan fingerprint density at radius 2 is 0.487 bits per heavy atom. The van der Waals surface area contributed by atoms with Gasteiger partial charge in [-0.15, -0.1) is 0 Å². The van der Waals surface area contributed by atoms with Crippen LogP contribution in [0.25, 0.3) is 66.8 Å². The number of hydrogen-bond acceptors (Lipinski definition) is 0. The third kappa shape index (κ3) is 4.30. The Hall–Kier alpha value is -5.28. The lowest BCUT2D eigenvalue weighted by Crippen LogP contribution is -1.88. The van der Waals surface area contributed by atoms with Gasteiger partial charge in [0.25, 0.3) is 0 Å². The van der Waals surface area contributed by atoms with Crippen molar-refractivity contribution in [1.29, 1.82) is 0 Å². The predicted molar refractivity (Wildman–Crippen MR) is 162 cm³/mol. The lowest BCUT2D eigenvalue weighted by Gasteiger charge is -2.13. The van der Waals surface area contributed by atoms with Crippen molar-refractivity contribution in [3.8, 4) is 66.8 Å². The van der Waals surface area contributed by atoms with Crippen LogP contribution in [-0.4, -0.2) is 15.0 Å². The molecule has 39 heavy (non-hydrogen) atoms. The fourth-order valence-corrected chi connectivity index (χ4v) is 5.47. The molecule has 0 saturated carbocycles. The molecule has 3 N–H and O–H groups in total. The molecule has 0 aliphatic carbocycles. The van der Waals surface area contributed by atoms with Crippen LogP contribution in [0.1, 0.15) is 0 Å². The maximum absolute atomic E-state index is 3.37. The summed E-state index contributed by atoms with van der Waals surface area (Å²) in [6.07, 6.45) is 12.6. The topological polar surface area (TPSA) is 47.4 Å². The molecule has 0 aliphatic heterocycles. The molecule has 0 unspecified atom stereocenters. The van der Waals surface area contributed by atoms with Gasteiger partial charge in [-0.25, -0.2) is 0 Å². The summed E-state index contributed by atoms with van der Waals surface area (Å²) in [5.41, 5.74) is 14.2. The Morgan fingerprint density at radius 1 is 0.256 bits per heavy atom. The van der Waals surface area contributed by atoms with E-state index in [-0.39, 0.29) is 0 Å². The fraction of sp³-hybridized carbons (Fsp3) is 0. The van der Waals surface area contributed by atoms with E-state index in [1.165, 1.54) is 66.8 Å². The van der Waals surface area contributed by atoms with Crippen molar-refractivity contribution in [2.24, 2.45) is 0 Å². The molecule has 3 nitrogen and oxygen atoms in total. The van der Waals surface area contributed by atoms with Crippen LogP contribution in [0.4, 0.5) is 0 Å². The smallest absolute Gasteiger partial charge is 0.00906 e. The van der Waals surface area contributed by atoms with E-state index in [0.717, 1.165) is 0 Å². The monoisotopic (exact) mass is 501 g/mol. The van der Waals surface area contributed by atoms with E-state index in [4.69, 9.17) is 0 Å². The van der Waals surface area contributed by atoms with Crippen molar-refractivity contribution in [3.63, 3.8) is 0 Å². The first-order chi connectivity index (χ1) is 19.3.